The number of aromatic amines is 1. The molecule has 0 saturated heterocycles. The van der Waals surface area contributed by atoms with Gasteiger partial charge in [0.15, 0.2) is 5.69 Å². The van der Waals surface area contributed by atoms with Crippen molar-refractivity contribution in [2.75, 3.05) is 13.2 Å². The maximum atomic E-state index is 12.3. The van der Waals surface area contributed by atoms with Crippen LogP contribution in [0.15, 0.2) is 47.3 Å². The number of nitrogens with one attached hydrogen (secondary N) is 2. The normalized spacial score (nSPS) is 10.7. The number of fused-ring (bicyclic) bond motifs is 1. The van der Waals surface area contributed by atoms with Gasteiger partial charge >= 0.3 is 0 Å². The molecular formula is C19H18ClN3O3. The van der Waals surface area contributed by atoms with Crippen molar-refractivity contribution in [1.29, 1.82) is 0 Å². The lowest BCUT2D eigenvalue weighted by atomic mass is 10.1. The fourth-order valence-corrected chi connectivity index (χ4v) is 2.83. The molecule has 3 aromatic rings. The third kappa shape index (κ3) is 4.03. The highest BCUT2D eigenvalue weighted by atomic mass is 35.5. The summed E-state index contributed by atoms with van der Waals surface area (Å²) in [6.07, 6.45) is 0.634. The summed E-state index contributed by atoms with van der Waals surface area (Å²) in [7, 11) is 0. The highest BCUT2D eigenvalue weighted by molar-refractivity contribution is 6.30. The van der Waals surface area contributed by atoms with Crippen molar-refractivity contribution in [2.45, 2.75) is 13.3 Å². The van der Waals surface area contributed by atoms with Gasteiger partial charge in [0.25, 0.3) is 11.5 Å². The third-order valence-corrected chi connectivity index (χ3v) is 4.15. The Labute approximate surface area is 155 Å². The Bertz CT molecular complexity index is 1000. The smallest absolute Gasteiger partial charge is 0.272 e. The molecule has 0 aliphatic carbocycles. The van der Waals surface area contributed by atoms with E-state index in [0.29, 0.717) is 35.4 Å². The molecule has 0 radical (unpaired) electrons. The lowest BCUT2D eigenvalue weighted by Crippen LogP contribution is -2.28. The van der Waals surface area contributed by atoms with Gasteiger partial charge in [0.1, 0.15) is 5.75 Å². The van der Waals surface area contributed by atoms with Gasteiger partial charge in [0, 0.05) is 17.0 Å². The number of nitrogens with zero attached hydrogens (tertiary/aromatic N) is 1. The number of rotatable bonds is 6. The Hall–Kier alpha value is -2.86. The molecule has 0 aliphatic heterocycles. The summed E-state index contributed by atoms with van der Waals surface area (Å²) < 4.78 is 5.69. The predicted octanol–water partition coefficient (Wildman–Crippen LogP) is 3.08. The van der Waals surface area contributed by atoms with Crippen molar-refractivity contribution in [2.24, 2.45) is 0 Å². The summed E-state index contributed by atoms with van der Waals surface area (Å²) in [5, 5.41) is 10.7. The highest BCUT2D eigenvalue weighted by Gasteiger charge is 2.13. The number of carbonyl (C=O) groups is 1. The summed E-state index contributed by atoms with van der Waals surface area (Å²) in [5.41, 5.74) is 0.851. The van der Waals surface area contributed by atoms with E-state index in [0.717, 1.165) is 11.3 Å². The minimum absolute atomic E-state index is 0.203. The number of ether oxygens (including phenoxy) is 1. The van der Waals surface area contributed by atoms with Crippen LogP contribution in [0.2, 0.25) is 5.02 Å². The van der Waals surface area contributed by atoms with Crippen molar-refractivity contribution < 1.29 is 9.53 Å². The molecule has 134 valence electrons. The summed E-state index contributed by atoms with van der Waals surface area (Å²) in [6, 6.07) is 12.3. The molecule has 0 spiro atoms. The maximum absolute atomic E-state index is 12.3. The Balaban J connectivity index is 1.55. The molecule has 2 N–H and O–H groups in total. The monoisotopic (exact) mass is 371 g/mol. The van der Waals surface area contributed by atoms with E-state index in [1.807, 2.05) is 19.1 Å². The molecular weight excluding hydrogens is 354 g/mol. The van der Waals surface area contributed by atoms with Crippen LogP contribution >= 0.6 is 11.6 Å². The average molecular weight is 372 g/mol. The van der Waals surface area contributed by atoms with Crippen molar-refractivity contribution in [1.82, 2.24) is 15.5 Å². The number of H-pyrrole nitrogens is 1. The number of carbonyl (C=O) groups excluding carboxylic acids is 1. The molecule has 7 heteroatoms. The molecule has 3 rings (SSSR count). The molecule has 2 aromatic carbocycles. The second-order valence-electron chi connectivity index (χ2n) is 5.81. The standard InChI is InChI=1S/C19H18ClN3O3/c1-12-11-13(20)7-8-16(12)26-10-4-9-21-19(25)17-14-5-2-3-6-15(14)18(24)23-22-17/h2-3,5-8,11H,4,9-10H2,1H3,(H,21,25)(H,23,24). The van der Waals surface area contributed by atoms with Gasteiger partial charge in [-0.15, -0.1) is 0 Å². The van der Waals surface area contributed by atoms with Gasteiger partial charge in [-0.2, -0.15) is 5.10 Å². The van der Waals surface area contributed by atoms with Gasteiger partial charge in [-0.3, -0.25) is 9.59 Å². The van der Waals surface area contributed by atoms with Crippen LogP contribution < -0.4 is 15.6 Å². The van der Waals surface area contributed by atoms with E-state index in [1.165, 1.54) is 0 Å². The van der Waals surface area contributed by atoms with Crippen LogP contribution in [0.3, 0.4) is 0 Å². The van der Waals surface area contributed by atoms with Crippen LogP contribution in [0.4, 0.5) is 0 Å². The van der Waals surface area contributed by atoms with Crippen LogP contribution in [-0.4, -0.2) is 29.3 Å². The molecule has 6 nitrogen and oxygen atoms in total. The SMILES string of the molecule is Cc1cc(Cl)ccc1OCCCNC(=O)c1n[nH]c(=O)c2ccccc12. The van der Waals surface area contributed by atoms with Crippen LogP contribution in [0, 0.1) is 6.92 Å². The van der Waals surface area contributed by atoms with Crippen molar-refractivity contribution in [3.8, 4) is 5.75 Å². The zero-order valence-corrected chi connectivity index (χ0v) is 15.0. The largest absolute Gasteiger partial charge is 0.493 e. The molecule has 0 saturated carbocycles. The minimum Gasteiger partial charge on any atom is -0.493 e. The minimum atomic E-state index is -0.333. The Morgan fingerprint density at radius 3 is 2.77 bits per heavy atom. The first kappa shape index (κ1) is 17.9. The topological polar surface area (TPSA) is 84.1 Å². The van der Waals surface area contributed by atoms with E-state index in [9.17, 15) is 9.59 Å². The molecule has 0 fully saturated rings. The molecule has 0 bridgehead atoms. The van der Waals surface area contributed by atoms with Gasteiger partial charge < -0.3 is 10.1 Å². The molecule has 0 aliphatic rings. The predicted molar refractivity (Wildman–Crippen MR) is 101 cm³/mol. The van der Waals surface area contributed by atoms with Gasteiger partial charge in [0.05, 0.1) is 12.0 Å². The van der Waals surface area contributed by atoms with Gasteiger partial charge in [-0.1, -0.05) is 29.8 Å². The third-order valence-electron chi connectivity index (χ3n) is 3.91. The maximum Gasteiger partial charge on any atom is 0.272 e. The van der Waals surface area contributed by atoms with E-state index in [4.69, 9.17) is 16.3 Å². The Morgan fingerprint density at radius 2 is 2.00 bits per heavy atom. The Morgan fingerprint density at radius 1 is 1.23 bits per heavy atom. The zero-order chi connectivity index (χ0) is 18.5. The molecule has 1 heterocycles. The number of amides is 1. The van der Waals surface area contributed by atoms with E-state index >= 15 is 0 Å². The summed E-state index contributed by atoms with van der Waals surface area (Å²) in [6.45, 7) is 2.82. The van der Waals surface area contributed by atoms with E-state index < -0.39 is 0 Å². The number of aryl methyl sites for hydroxylation is 1. The number of aromatic nitrogens is 2. The van der Waals surface area contributed by atoms with Crippen molar-refractivity contribution >= 4 is 28.3 Å². The average Bonchev–Trinajstić information content (AvgIpc) is 2.63. The number of hydrogen-bond donors (Lipinski definition) is 2. The highest BCUT2D eigenvalue weighted by Crippen LogP contribution is 2.21. The molecule has 1 amide bonds. The first-order valence-electron chi connectivity index (χ1n) is 8.21. The first-order valence-corrected chi connectivity index (χ1v) is 8.58. The molecule has 1 aromatic heterocycles. The van der Waals surface area contributed by atoms with Crippen LogP contribution in [0.25, 0.3) is 10.8 Å². The van der Waals surface area contributed by atoms with Crippen molar-refractivity contribution in [3.05, 3.63) is 69.1 Å². The number of benzene rings is 2. The Kier molecular flexibility index (Phi) is 5.53. The zero-order valence-electron chi connectivity index (χ0n) is 14.2. The summed E-state index contributed by atoms with van der Waals surface area (Å²) in [4.78, 5) is 24.1. The number of hydrogen-bond acceptors (Lipinski definition) is 4. The molecule has 0 unspecified atom stereocenters. The van der Waals surface area contributed by atoms with Crippen molar-refractivity contribution in [3.63, 3.8) is 0 Å². The lowest BCUT2D eigenvalue weighted by molar-refractivity contribution is 0.0947. The summed E-state index contributed by atoms with van der Waals surface area (Å²) in [5.74, 6) is 0.439. The fraction of sp³-hybridized carbons (Fsp3) is 0.211. The van der Waals surface area contributed by atoms with Crippen LogP contribution in [0.1, 0.15) is 22.5 Å². The van der Waals surface area contributed by atoms with Gasteiger partial charge in [-0.25, -0.2) is 5.10 Å². The second kappa shape index (κ2) is 8.01. The van der Waals surface area contributed by atoms with E-state index in [2.05, 4.69) is 15.5 Å². The molecule has 26 heavy (non-hydrogen) atoms. The lowest BCUT2D eigenvalue weighted by Gasteiger charge is -2.10. The molecule has 0 atom stereocenters. The second-order valence-corrected chi connectivity index (χ2v) is 6.25. The quantitative estimate of drug-likeness (QED) is 0.652. The van der Waals surface area contributed by atoms with Gasteiger partial charge in [0.2, 0.25) is 0 Å². The van der Waals surface area contributed by atoms with E-state index in [1.54, 1.807) is 30.3 Å². The van der Waals surface area contributed by atoms with Crippen LogP contribution in [-0.2, 0) is 0 Å². The number of halogens is 1. The van der Waals surface area contributed by atoms with Crippen LogP contribution in [0.5, 0.6) is 5.75 Å². The summed E-state index contributed by atoms with van der Waals surface area (Å²) >= 11 is 5.91. The first-order chi connectivity index (χ1) is 12.6. The fourth-order valence-electron chi connectivity index (χ4n) is 2.60. The van der Waals surface area contributed by atoms with Gasteiger partial charge in [-0.05, 0) is 43.2 Å². The van der Waals surface area contributed by atoms with E-state index in [-0.39, 0.29) is 17.2 Å².